The zero-order chi connectivity index (χ0) is 26.9. The molecule has 1 nitrogen and oxygen atoms in total. The predicted octanol–water partition coefficient (Wildman–Crippen LogP) is 7.98. The van der Waals surface area contributed by atoms with Gasteiger partial charge in [0.1, 0.15) is 0 Å². The molecule has 19 heteroatoms. The first-order valence-electron chi connectivity index (χ1n) is 8.45. The molecule has 0 bridgehead atoms. The molecular formula is C14H15F17OSi. The summed E-state index contributed by atoms with van der Waals surface area (Å²) in [5.74, 6) is -29.2. The lowest BCUT2D eigenvalue weighted by atomic mass is 9.96. The summed E-state index contributed by atoms with van der Waals surface area (Å²) < 4.78 is 222. The van der Waals surface area contributed by atoms with E-state index in [4.69, 9.17) is 0 Å². The van der Waals surface area contributed by atoms with Gasteiger partial charge in [-0.25, -0.2) is 0 Å². The largest absolute Gasteiger partial charge is 0.460 e. The quantitative estimate of drug-likeness (QED) is 0.187. The molecule has 0 spiro atoms. The fourth-order valence-electron chi connectivity index (χ4n) is 2.57. The van der Waals surface area contributed by atoms with Crippen molar-refractivity contribution >= 4 is 8.32 Å². The van der Waals surface area contributed by atoms with Gasteiger partial charge in [0.25, 0.3) is 0 Å². The number of hydrogen-bond donors (Lipinski definition) is 0. The highest BCUT2D eigenvalue weighted by molar-refractivity contribution is 6.73. The van der Waals surface area contributed by atoms with Crippen molar-refractivity contribution in [1.29, 1.82) is 0 Å². The van der Waals surface area contributed by atoms with E-state index in [0.29, 0.717) is 7.11 Å². The van der Waals surface area contributed by atoms with Crippen LogP contribution in [0.4, 0.5) is 74.6 Å². The van der Waals surface area contributed by atoms with Crippen LogP contribution in [-0.2, 0) is 4.43 Å². The van der Waals surface area contributed by atoms with Crippen LogP contribution in [0.2, 0.25) is 18.1 Å². The molecule has 0 aromatic rings. The molecule has 0 aliphatic heterocycles. The van der Waals surface area contributed by atoms with E-state index in [0.717, 1.165) is 0 Å². The highest BCUT2D eigenvalue weighted by Gasteiger charge is 2.86. The molecule has 0 N–H and O–H groups in total. The zero-order valence-corrected chi connectivity index (χ0v) is 17.1. The standard InChI is InChI=1S/C14H15F17OSi/c1-32-33(6-3-9(17,18)19,7-4-10(20,21)22)5-2-8(15,16)11(23,24)12(25,26)13(27,28)14(29,30)31/h2-7H2,1H3. The molecule has 0 radical (unpaired) electrons. The van der Waals surface area contributed by atoms with Gasteiger partial charge in [0.2, 0.25) is 0 Å². The molecule has 0 aliphatic carbocycles. The van der Waals surface area contributed by atoms with Crippen LogP contribution in [0.3, 0.4) is 0 Å². The topological polar surface area (TPSA) is 9.23 Å². The fourth-order valence-corrected chi connectivity index (χ4v) is 6.18. The van der Waals surface area contributed by atoms with Crippen LogP contribution in [0.1, 0.15) is 19.3 Å². The molecule has 0 aromatic heterocycles. The molecule has 0 rings (SSSR count). The molecule has 0 saturated carbocycles. The van der Waals surface area contributed by atoms with E-state index in [1.165, 1.54) is 0 Å². The summed E-state index contributed by atoms with van der Waals surface area (Å²) >= 11 is 0. The second-order valence-corrected chi connectivity index (χ2v) is 11.3. The normalized spacial score (nSPS) is 15.8. The Bertz CT molecular complexity index is 615. The highest BCUT2D eigenvalue weighted by atomic mass is 28.4. The third-order valence-electron chi connectivity index (χ3n) is 4.66. The Kier molecular flexibility index (Phi) is 9.27. The molecule has 33 heavy (non-hydrogen) atoms. The molecule has 0 saturated heterocycles. The predicted molar refractivity (Wildman–Crippen MR) is 79.0 cm³/mol. The molecule has 0 unspecified atom stereocenters. The summed E-state index contributed by atoms with van der Waals surface area (Å²) in [6.07, 6.45) is -24.2. The smallest absolute Gasteiger partial charge is 0.420 e. The van der Waals surface area contributed by atoms with Crippen molar-refractivity contribution in [2.75, 3.05) is 7.11 Å². The molecule has 0 aliphatic rings. The lowest BCUT2D eigenvalue weighted by Gasteiger charge is -2.38. The van der Waals surface area contributed by atoms with Crippen LogP contribution >= 0.6 is 0 Å². The number of rotatable bonds is 11. The van der Waals surface area contributed by atoms with Gasteiger partial charge in [-0.2, -0.15) is 74.6 Å². The van der Waals surface area contributed by atoms with E-state index < -0.39 is 87.9 Å². The van der Waals surface area contributed by atoms with Crippen LogP contribution < -0.4 is 0 Å². The van der Waals surface area contributed by atoms with Crippen molar-refractivity contribution < 1.29 is 79.1 Å². The zero-order valence-electron chi connectivity index (χ0n) is 16.1. The fraction of sp³-hybridized carbons (Fsp3) is 1.00. The summed E-state index contributed by atoms with van der Waals surface area (Å²) in [6, 6.07) is -4.68. The number of hydrogen-bond acceptors (Lipinski definition) is 1. The van der Waals surface area contributed by atoms with E-state index in [-0.39, 0.29) is 0 Å². The van der Waals surface area contributed by atoms with Crippen LogP contribution in [0.15, 0.2) is 0 Å². The van der Waals surface area contributed by atoms with Crippen molar-refractivity contribution in [1.82, 2.24) is 0 Å². The van der Waals surface area contributed by atoms with Crippen LogP contribution in [0, 0.1) is 0 Å². The minimum atomic E-state index is -7.73. The maximum atomic E-state index is 13.8. The first kappa shape index (κ1) is 32.0. The summed E-state index contributed by atoms with van der Waals surface area (Å²) in [7, 11) is -4.28. The molecule has 0 fully saturated rings. The van der Waals surface area contributed by atoms with Gasteiger partial charge < -0.3 is 4.43 Å². The first-order valence-corrected chi connectivity index (χ1v) is 11.0. The minimum absolute atomic E-state index is 0.446. The Labute approximate surface area is 175 Å². The lowest BCUT2D eigenvalue weighted by Crippen LogP contribution is -2.66. The molecular weight excluding hydrogens is 535 g/mol. The van der Waals surface area contributed by atoms with Crippen molar-refractivity contribution in [3.05, 3.63) is 0 Å². The Morgan fingerprint density at radius 1 is 0.485 bits per heavy atom. The van der Waals surface area contributed by atoms with Crippen molar-refractivity contribution in [2.45, 2.75) is 79.6 Å². The summed E-state index contributed by atoms with van der Waals surface area (Å²) in [5, 5.41) is 0. The Hall–Kier alpha value is -1.01. The second kappa shape index (κ2) is 9.56. The number of halogens is 17. The molecule has 0 atom stereocenters. The maximum absolute atomic E-state index is 13.8. The van der Waals surface area contributed by atoms with E-state index in [9.17, 15) is 74.6 Å². The third-order valence-corrected chi connectivity index (χ3v) is 9.01. The van der Waals surface area contributed by atoms with Crippen LogP contribution in [0.25, 0.3) is 0 Å². The Balaban J connectivity index is 6.02. The van der Waals surface area contributed by atoms with Gasteiger partial charge in [-0.05, 0) is 18.1 Å². The van der Waals surface area contributed by atoms with E-state index in [1.54, 1.807) is 0 Å². The van der Waals surface area contributed by atoms with Crippen molar-refractivity contribution in [3.63, 3.8) is 0 Å². The average molecular weight is 550 g/mol. The van der Waals surface area contributed by atoms with Gasteiger partial charge in [0.15, 0.2) is 8.32 Å². The highest BCUT2D eigenvalue weighted by Crippen LogP contribution is 2.58. The maximum Gasteiger partial charge on any atom is 0.460 e. The van der Waals surface area contributed by atoms with Gasteiger partial charge in [-0.15, -0.1) is 0 Å². The first-order chi connectivity index (χ1) is 14.2. The molecule has 200 valence electrons. The van der Waals surface area contributed by atoms with Gasteiger partial charge in [-0.3, -0.25) is 0 Å². The van der Waals surface area contributed by atoms with Crippen molar-refractivity contribution in [2.24, 2.45) is 0 Å². The van der Waals surface area contributed by atoms with E-state index in [1.807, 2.05) is 0 Å². The monoisotopic (exact) mass is 550 g/mol. The second-order valence-electron chi connectivity index (χ2n) is 7.04. The van der Waals surface area contributed by atoms with Crippen LogP contribution in [-0.4, -0.2) is 57.6 Å². The third kappa shape index (κ3) is 7.48. The lowest BCUT2D eigenvalue weighted by molar-refractivity contribution is -0.422. The Morgan fingerprint density at radius 3 is 1.09 bits per heavy atom. The summed E-state index contributed by atoms with van der Waals surface area (Å²) in [4.78, 5) is 0. The van der Waals surface area contributed by atoms with Gasteiger partial charge in [0.05, 0.1) is 0 Å². The minimum Gasteiger partial charge on any atom is -0.420 e. The summed E-state index contributed by atoms with van der Waals surface area (Å²) in [5.41, 5.74) is 0. The van der Waals surface area contributed by atoms with Gasteiger partial charge in [-0.1, -0.05) is 0 Å². The SMILES string of the molecule is CO[Si](CCC(F)(F)F)(CCC(F)(F)F)CCC(F)(F)C(F)(F)C(F)(F)C(F)(F)C(F)(F)F. The molecule has 0 amide bonds. The van der Waals surface area contributed by atoms with Crippen molar-refractivity contribution in [3.8, 4) is 0 Å². The van der Waals surface area contributed by atoms with E-state index in [2.05, 4.69) is 4.43 Å². The Morgan fingerprint density at radius 2 is 0.818 bits per heavy atom. The van der Waals surface area contributed by atoms with Gasteiger partial charge in [0, 0.05) is 26.4 Å². The number of alkyl halides is 17. The van der Waals surface area contributed by atoms with E-state index >= 15 is 0 Å². The van der Waals surface area contributed by atoms with Gasteiger partial charge >= 0.3 is 42.2 Å². The summed E-state index contributed by atoms with van der Waals surface area (Å²) in [6.45, 7) is 0. The molecule has 0 aromatic carbocycles. The average Bonchev–Trinajstić information content (AvgIpc) is 2.58. The van der Waals surface area contributed by atoms with Crippen LogP contribution in [0.5, 0.6) is 0 Å². The molecule has 0 heterocycles.